The van der Waals surface area contributed by atoms with Gasteiger partial charge in [0.2, 0.25) is 10.0 Å². The first-order chi connectivity index (χ1) is 17.2. The zero-order valence-corrected chi connectivity index (χ0v) is 19.9. The predicted molar refractivity (Wildman–Crippen MR) is 133 cm³/mol. The van der Waals surface area contributed by atoms with Gasteiger partial charge in [0, 0.05) is 29.1 Å². The van der Waals surface area contributed by atoms with Crippen molar-refractivity contribution in [3.63, 3.8) is 0 Å². The number of nitrogens with one attached hydrogen (secondary N) is 1. The third-order valence-corrected chi connectivity index (χ3v) is 6.19. The monoisotopic (exact) mass is 509 g/mol. The van der Waals surface area contributed by atoms with E-state index in [1.54, 1.807) is 33.9 Å². The lowest BCUT2D eigenvalue weighted by Gasteiger charge is -2.13. The smallest absolute Gasteiger partial charge is 0.229 e. The summed E-state index contributed by atoms with van der Waals surface area (Å²) in [6, 6.07) is 13.7. The lowest BCUT2D eigenvalue weighted by Crippen LogP contribution is -2.10. The van der Waals surface area contributed by atoms with Crippen LogP contribution in [0, 0.1) is 11.6 Å². The van der Waals surface area contributed by atoms with Gasteiger partial charge < -0.3 is 5.11 Å². The number of nitrogens with zero attached hydrogens (tertiary/aromatic N) is 4. The van der Waals surface area contributed by atoms with Crippen LogP contribution in [0.3, 0.4) is 0 Å². The Hall–Kier alpha value is -4.09. The van der Waals surface area contributed by atoms with Gasteiger partial charge in [-0.25, -0.2) is 22.2 Å². The molecule has 0 aliphatic heterocycles. The number of hydrogen-bond acceptors (Lipinski definition) is 5. The van der Waals surface area contributed by atoms with E-state index in [0.29, 0.717) is 23.3 Å². The summed E-state index contributed by atoms with van der Waals surface area (Å²) in [5.74, 6) is -1.47. The Kier molecular flexibility index (Phi) is 6.02. The van der Waals surface area contributed by atoms with E-state index < -0.39 is 21.7 Å². The first-order valence-corrected chi connectivity index (χ1v) is 12.8. The molecule has 0 aliphatic rings. The van der Waals surface area contributed by atoms with Gasteiger partial charge >= 0.3 is 0 Å². The first kappa shape index (κ1) is 23.6. The zero-order chi connectivity index (χ0) is 25.4. The fourth-order valence-corrected chi connectivity index (χ4v) is 4.58. The van der Waals surface area contributed by atoms with Gasteiger partial charge in [-0.15, -0.1) is 0 Å². The summed E-state index contributed by atoms with van der Waals surface area (Å²) < 4.78 is 57.7. The number of aliphatic hydroxyl groups is 1. The molecule has 2 heterocycles. The molecule has 0 saturated carbocycles. The van der Waals surface area contributed by atoms with Crippen LogP contribution in [-0.2, 0) is 16.6 Å². The number of hydrogen-bond donors (Lipinski definition) is 2. The van der Waals surface area contributed by atoms with Crippen molar-refractivity contribution in [2.24, 2.45) is 0 Å². The van der Waals surface area contributed by atoms with Crippen LogP contribution in [0.4, 0.5) is 14.5 Å². The van der Waals surface area contributed by atoms with Gasteiger partial charge in [0.25, 0.3) is 0 Å². The number of sulfonamides is 1. The summed E-state index contributed by atoms with van der Waals surface area (Å²) in [6.07, 6.45) is 6.15. The number of rotatable bonds is 7. The number of anilines is 1. The molecule has 0 fully saturated rings. The van der Waals surface area contributed by atoms with E-state index in [2.05, 4.69) is 14.8 Å². The highest BCUT2D eigenvalue weighted by molar-refractivity contribution is 7.92. The summed E-state index contributed by atoms with van der Waals surface area (Å²) in [4.78, 5) is 4.49. The molecule has 8 nitrogen and oxygen atoms in total. The summed E-state index contributed by atoms with van der Waals surface area (Å²) >= 11 is 0. The third-order valence-electron chi connectivity index (χ3n) is 5.58. The highest BCUT2D eigenvalue weighted by Gasteiger charge is 2.14. The first-order valence-electron chi connectivity index (χ1n) is 10.9. The van der Waals surface area contributed by atoms with Gasteiger partial charge in [-0.2, -0.15) is 5.10 Å². The number of benzene rings is 3. The van der Waals surface area contributed by atoms with Crippen LogP contribution in [0.25, 0.3) is 39.0 Å². The SMILES string of the molecule is CS(=O)(=O)Nc1cc(-c2ccc(F)cc2F)cc(-n2cnc3cc(-c4cnn(CCO)c4)ccc32)c1. The van der Waals surface area contributed by atoms with Crippen molar-refractivity contribution in [3.05, 3.63) is 85.0 Å². The maximum atomic E-state index is 14.6. The Morgan fingerprint density at radius 3 is 2.58 bits per heavy atom. The van der Waals surface area contributed by atoms with Crippen molar-refractivity contribution in [3.8, 4) is 27.9 Å². The lowest BCUT2D eigenvalue weighted by atomic mass is 10.0. The molecular formula is C25H21F2N5O3S. The second-order valence-electron chi connectivity index (χ2n) is 8.30. The van der Waals surface area contributed by atoms with Crippen molar-refractivity contribution in [1.82, 2.24) is 19.3 Å². The molecule has 0 spiro atoms. The van der Waals surface area contributed by atoms with Crippen LogP contribution >= 0.6 is 0 Å². The number of fused-ring (bicyclic) bond motifs is 1. The van der Waals surface area contributed by atoms with Crippen molar-refractivity contribution in [2.75, 3.05) is 17.6 Å². The molecular weight excluding hydrogens is 488 g/mol. The Balaban J connectivity index is 1.61. The molecule has 0 atom stereocenters. The molecule has 0 radical (unpaired) electrons. The molecule has 0 unspecified atom stereocenters. The molecule has 0 aliphatic carbocycles. The van der Waals surface area contributed by atoms with Crippen LogP contribution in [0.5, 0.6) is 0 Å². The van der Waals surface area contributed by atoms with E-state index in [1.807, 2.05) is 24.4 Å². The standard InChI is InChI=1S/C25H21F2N5O3S/c1-36(34,35)30-20-8-17(22-4-3-19(26)11-23(22)27)9-21(12-20)32-15-28-24-10-16(2-5-25(24)32)18-13-29-31(14-18)6-7-33/h2-5,8-15,30,33H,6-7H2,1H3. The maximum Gasteiger partial charge on any atom is 0.229 e. The Bertz CT molecular complexity index is 1700. The van der Waals surface area contributed by atoms with Crippen LogP contribution in [0.2, 0.25) is 0 Å². The lowest BCUT2D eigenvalue weighted by molar-refractivity contribution is 0.269. The molecule has 0 bridgehead atoms. The Morgan fingerprint density at radius 2 is 1.83 bits per heavy atom. The fourth-order valence-electron chi connectivity index (χ4n) is 4.04. The second kappa shape index (κ2) is 9.17. The number of aromatic nitrogens is 4. The molecule has 5 aromatic rings. The van der Waals surface area contributed by atoms with Crippen molar-refractivity contribution < 1.29 is 22.3 Å². The van der Waals surface area contributed by atoms with Gasteiger partial charge in [-0.05, 0) is 53.6 Å². The van der Waals surface area contributed by atoms with Crippen molar-refractivity contribution in [1.29, 1.82) is 0 Å². The predicted octanol–water partition coefficient (Wildman–Crippen LogP) is 4.20. The van der Waals surface area contributed by atoms with E-state index in [1.165, 1.54) is 12.1 Å². The normalized spacial score (nSPS) is 11.8. The topological polar surface area (TPSA) is 102 Å². The van der Waals surface area contributed by atoms with Crippen molar-refractivity contribution >= 4 is 26.7 Å². The molecule has 184 valence electrons. The summed E-state index contributed by atoms with van der Waals surface area (Å²) in [5.41, 5.74) is 4.43. The Morgan fingerprint density at radius 1 is 1.00 bits per heavy atom. The number of aliphatic hydroxyl groups excluding tert-OH is 1. The van der Waals surface area contributed by atoms with E-state index in [0.717, 1.165) is 35.0 Å². The minimum Gasteiger partial charge on any atom is -0.394 e. The molecule has 2 aromatic heterocycles. The second-order valence-corrected chi connectivity index (χ2v) is 10.0. The van der Waals surface area contributed by atoms with Gasteiger partial charge in [0.05, 0.1) is 42.3 Å². The van der Waals surface area contributed by atoms with Gasteiger partial charge in [-0.3, -0.25) is 14.0 Å². The zero-order valence-electron chi connectivity index (χ0n) is 19.1. The average Bonchev–Trinajstić information content (AvgIpc) is 3.44. The third kappa shape index (κ3) is 4.83. The minimum atomic E-state index is -3.61. The van der Waals surface area contributed by atoms with Gasteiger partial charge in [0.1, 0.15) is 18.0 Å². The fraction of sp³-hybridized carbons (Fsp3) is 0.120. The average molecular weight is 510 g/mol. The molecule has 36 heavy (non-hydrogen) atoms. The maximum absolute atomic E-state index is 14.6. The summed E-state index contributed by atoms with van der Waals surface area (Å²) in [7, 11) is -3.61. The van der Waals surface area contributed by atoms with Gasteiger partial charge in [0.15, 0.2) is 0 Å². The molecule has 5 rings (SSSR count). The van der Waals surface area contributed by atoms with E-state index in [4.69, 9.17) is 5.11 Å². The molecule has 0 amide bonds. The molecule has 0 saturated heterocycles. The molecule has 11 heteroatoms. The number of halogens is 2. The minimum absolute atomic E-state index is 0.0123. The highest BCUT2D eigenvalue weighted by Crippen LogP contribution is 2.32. The largest absolute Gasteiger partial charge is 0.394 e. The Labute approximate surface area is 205 Å². The molecule has 2 N–H and O–H groups in total. The van der Waals surface area contributed by atoms with E-state index in [-0.39, 0.29) is 17.9 Å². The molecule has 3 aromatic carbocycles. The van der Waals surface area contributed by atoms with E-state index in [9.17, 15) is 17.2 Å². The van der Waals surface area contributed by atoms with Gasteiger partial charge in [-0.1, -0.05) is 6.07 Å². The van der Waals surface area contributed by atoms with E-state index >= 15 is 0 Å². The highest BCUT2D eigenvalue weighted by atomic mass is 32.2. The summed E-state index contributed by atoms with van der Waals surface area (Å²) in [5, 5.41) is 13.3. The number of imidazole rings is 1. The van der Waals surface area contributed by atoms with Crippen LogP contribution in [0.15, 0.2) is 73.3 Å². The quantitative estimate of drug-likeness (QED) is 0.343. The van der Waals surface area contributed by atoms with Crippen LogP contribution < -0.4 is 4.72 Å². The van der Waals surface area contributed by atoms with Crippen LogP contribution in [-0.4, -0.2) is 45.7 Å². The van der Waals surface area contributed by atoms with Crippen LogP contribution in [0.1, 0.15) is 0 Å². The van der Waals surface area contributed by atoms with Crippen molar-refractivity contribution in [2.45, 2.75) is 6.54 Å². The summed E-state index contributed by atoms with van der Waals surface area (Å²) in [6.45, 7) is 0.382.